The molecular formula is C17H24N2O2. The van der Waals surface area contributed by atoms with Gasteiger partial charge in [-0.25, -0.2) is 0 Å². The Morgan fingerprint density at radius 2 is 1.81 bits per heavy atom. The maximum Gasteiger partial charge on any atom is 0.242 e. The lowest BCUT2D eigenvalue weighted by atomic mass is 10.1. The number of hydrogen-bond acceptors (Lipinski definition) is 2. The topological polar surface area (TPSA) is 40.6 Å². The van der Waals surface area contributed by atoms with Crippen LogP contribution < -0.4 is 4.90 Å². The highest BCUT2D eigenvalue weighted by Gasteiger charge is 2.22. The summed E-state index contributed by atoms with van der Waals surface area (Å²) in [6.45, 7) is 7.30. The summed E-state index contributed by atoms with van der Waals surface area (Å²) in [5, 5.41) is 0. The molecule has 1 aromatic carbocycles. The average Bonchev–Trinajstić information content (AvgIpc) is 2.48. The Kier molecular flexibility index (Phi) is 4.99. The number of aryl methyl sites for hydroxylation is 1. The fourth-order valence-corrected chi connectivity index (χ4v) is 2.77. The summed E-state index contributed by atoms with van der Waals surface area (Å²) in [6, 6.07) is 5.86. The van der Waals surface area contributed by atoms with E-state index in [1.165, 1.54) is 13.3 Å². The second-order valence-corrected chi connectivity index (χ2v) is 5.77. The quantitative estimate of drug-likeness (QED) is 0.858. The van der Waals surface area contributed by atoms with Crippen molar-refractivity contribution in [3.8, 4) is 0 Å². The molecular weight excluding hydrogens is 264 g/mol. The Morgan fingerprint density at radius 1 is 1.14 bits per heavy atom. The van der Waals surface area contributed by atoms with Gasteiger partial charge in [-0.3, -0.25) is 9.59 Å². The molecule has 0 N–H and O–H groups in total. The summed E-state index contributed by atoms with van der Waals surface area (Å²) < 4.78 is 0. The number of piperidine rings is 1. The van der Waals surface area contributed by atoms with Gasteiger partial charge >= 0.3 is 0 Å². The number of likely N-dealkylation sites (tertiary alicyclic amines) is 1. The fraction of sp³-hybridized carbons (Fsp3) is 0.529. The van der Waals surface area contributed by atoms with E-state index in [9.17, 15) is 9.59 Å². The first-order valence-corrected chi connectivity index (χ1v) is 7.63. The number of benzene rings is 1. The molecule has 1 heterocycles. The zero-order chi connectivity index (χ0) is 15.4. The van der Waals surface area contributed by atoms with E-state index in [-0.39, 0.29) is 18.4 Å². The van der Waals surface area contributed by atoms with Gasteiger partial charge in [0.05, 0.1) is 0 Å². The third-order valence-electron chi connectivity index (χ3n) is 4.25. The van der Waals surface area contributed by atoms with Crippen molar-refractivity contribution >= 4 is 17.5 Å². The molecule has 0 radical (unpaired) electrons. The largest absolute Gasteiger partial charge is 0.341 e. The number of carbonyl (C=O) groups is 2. The molecule has 0 spiro atoms. The van der Waals surface area contributed by atoms with Crippen molar-refractivity contribution < 1.29 is 9.59 Å². The van der Waals surface area contributed by atoms with Crippen molar-refractivity contribution in [2.45, 2.75) is 40.0 Å². The Bertz CT molecular complexity index is 534. The van der Waals surface area contributed by atoms with Gasteiger partial charge in [-0.1, -0.05) is 12.1 Å². The first-order chi connectivity index (χ1) is 10.0. The van der Waals surface area contributed by atoms with Gasteiger partial charge in [0, 0.05) is 25.7 Å². The molecule has 0 unspecified atom stereocenters. The Morgan fingerprint density at radius 3 is 2.43 bits per heavy atom. The molecule has 2 amide bonds. The van der Waals surface area contributed by atoms with Gasteiger partial charge in [0.2, 0.25) is 11.8 Å². The van der Waals surface area contributed by atoms with Crippen LogP contribution in [0.4, 0.5) is 5.69 Å². The van der Waals surface area contributed by atoms with Crippen LogP contribution in [-0.2, 0) is 9.59 Å². The van der Waals surface area contributed by atoms with E-state index in [4.69, 9.17) is 0 Å². The molecule has 1 fully saturated rings. The van der Waals surface area contributed by atoms with Crippen molar-refractivity contribution in [2.24, 2.45) is 0 Å². The van der Waals surface area contributed by atoms with E-state index in [0.29, 0.717) is 0 Å². The normalized spacial score (nSPS) is 14.9. The zero-order valence-electron chi connectivity index (χ0n) is 13.2. The number of hydrogen-bond donors (Lipinski definition) is 0. The van der Waals surface area contributed by atoms with E-state index in [0.717, 1.165) is 42.7 Å². The smallest absolute Gasteiger partial charge is 0.242 e. The molecule has 1 aromatic rings. The number of amides is 2. The van der Waals surface area contributed by atoms with Crippen molar-refractivity contribution in [1.29, 1.82) is 0 Å². The third kappa shape index (κ3) is 3.63. The summed E-state index contributed by atoms with van der Waals surface area (Å²) in [7, 11) is 0. The molecule has 0 aliphatic carbocycles. The summed E-state index contributed by atoms with van der Waals surface area (Å²) in [5.74, 6) is -0.0418. The van der Waals surface area contributed by atoms with Gasteiger partial charge in [0.15, 0.2) is 0 Å². The molecule has 0 saturated carbocycles. The van der Waals surface area contributed by atoms with E-state index >= 15 is 0 Å². The van der Waals surface area contributed by atoms with Crippen LogP contribution in [0.15, 0.2) is 18.2 Å². The predicted molar refractivity (Wildman–Crippen MR) is 84.4 cm³/mol. The van der Waals surface area contributed by atoms with Crippen LogP contribution in [0.1, 0.15) is 37.3 Å². The van der Waals surface area contributed by atoms with Crippen molar-refractivity contribution in [3.63, 3.8) is 0 Å². The van der Waals surface area contributed by atoms with Crippen LogP contribution in [0.5, 0.6) is 0 Å². The summed E-state index contributed by atoms with van der Waals surface area (Å²) in [6.07, 6.45) is 3.32. The van der Waals surface area contributed by atoms with Gasteiger partial charge in [-0.15, -0.1) is 0 Å². The molecule has 1 aliphatic heterocycles. The average molecular weight is 288 g/mol. The molecule has 1 aliphatic rings. The number of nitrogens with zero attached hydrogens (tertiary/aromatic N) is 2. The lowest BCUT2D eigenvalue weighted by molar-refractivity contribution is -0.132. The van der Waals surface area contributed by atoms with Crippen LogP contribution in [0.25, 0.3) is 0 Å². The van der Waals surface area contributed by atoms with Crippen molar-refractivity contribution in [1.82, 2.24) is 4.90 Å². The lowest BCUT2D eigenvalue weighted by Crippen LogP contribution is -2.44. The second-order valence-electron chi connectivity index (χ2n) is 5.77. The van der Waals surface area contributed by atoms with Crippen LogP contribution in [0.2, 0.25) is 0 Å². The van der Waals surface area contributed by atoms with E-state index in [2.05, 4.69) is 0 Å². The maximum absolute atomic E-state index is 12.4. The van der Waals surface area contributed by atoms with Gasteiger partial charge < -0.3 is 9.80 Å². The predicted octanol–water partition coefficient (Wildman–Crippen LogP) is 2.67. The van der Waals surface area contributed by atoms with E-state index in [1.54, 1.807) is 4.90 Å². The molecule has 1 saturated heterocycles. The summed E-state index contributed by atoms with van der Waals surface area (Å²) in [4.78, 5) is 27.9. The minimum atomic E-state index is -0.0888. The first kappa shape index (κ1) is 15.5. The number of rotatable bonds is 3. The Labute approximate surface area is 126 Å². The van der Waals surface area contributed by atoms with E-state index < -0.39 is 0 Å². The minimum absolute atomic E-state index is 0.0470. The second kappa shape index (κ2) is 6.74. The maximum atomic E-state index is 12.4. The standard InChI is InChI=1S/C17H24N2O2/c1-13-8-7-9-16(14(13)2)19(15(3)20)12-17(21)18-10-5-4-6-11-18/h7-9H,4-6,10-12H2,1-3H3. The monoisotopic (exact) mass is 288 g/mol. The van der Waals surface area contributed by atoms with E-state index in [1.807, 2.05) is 36.9 Å². The molecule has 0 bridgehead atoms. The lowest BCUT2D eigenvalue weighted by Gasteiger charge is -2.30. The molecule has 21 heavy (non-hydrogen) atoms. The highest BCUT2D eigenvalue weighted by Crippen LogP contribution is 2.23. The Hall–Kier alpha value is -1.84. The first-order valence-electron chi connectivity index (χ1n) is 7.63. The summed E-state index contributed by atoms with van der Waals surface area (Å²) in [5.41, 5.74) is 3.02. The minimum Gasteiger partial charge on any atom is -0.341 e. The molecule has 114 valence electrons. The van der Waals surface area contributed by atoms with Gasteiger partial charge in [-0.05, 0) is 50.3 Å². The van der Waals surface area contributed by atoms with Crippen molar-refractivity contribution in [2.75, 3.05) is 24.5 Å². The van der Waals surface area contributed by atoms with Crippen LogP contribution in [0, 0.1) is 13.8 Å². The Balaban J connectivity index is 2.17. The van der Waals surface area contributed by atoms with Gasteiger partial charge in [-0.2, -0.15) is 0 Å². The molecule has 0 aromatic heterocycles. The zero-order valence-corrected chi connectivity index (χ0v) is 13.2. The SMILES string of the molecule is CC(=O)N(CC(=O)N1CCCCC1)c1cccc(C)c1C. The molecule has 4 heteroatoms. The van der Waals surface area contributed by atoms with Crippen LogP contribution >= 0.6 is 0 Å². The summed E-state index contributed by atoms with van der Waals surface area (Å²) >= 11 is 0. The van der Waals surface area contributed by atoms with Crippen molar-refractivity contribution in [3.05, 3.63) is 29.3 Å². The molecule has 0 atom stereocenters. The molecule has 4 nitrogen and oxygen atoms in total. The van der Waals surface area contributed by atoms with Crippen LogP contribution in [0.3, 0.4) is 0 Å². The fourth-order valence-electron chi connectivity index (χ4n) is 2.77. The highest BCUT2D eigenvalue weighted by molar-refractivity contribution is 5.98. The third-order valence-corrected chi connectivity index (χ3v) is 4.25. The van der Waals surface area contributed by atoms with Crippen LogP contribution in [-0.4, -0.2) is 36.3 Å². The number of anilines is 1. The highest BCUT2D eigenvalue weighted by atomic mass is 16.2. The molecule has 2 rings (SSSR count). The van der Waals surface area contributed by atoms with Gasteiger partial charge in [0.25, 0.3) is 0 Å². The van der Waals surface area contributed by atoms with Gasteiger partial charge in [0.1, 0.15) is 6.54 Å². The number of carbonyl (C=O) groups excluding carboxylic acids is 2.